The molecule has 0 radical (unpaired) electrons. The maximum atomic E-state index is 10.9. The second kappa shape index (κ2) is 7.51. The van der Waals surface area contributed by atoms with Crippen molar-refractivity contribution in [2.75, 3.05) is 5.32 Å². The Morgan fingerprint density at radius 2 is 1.89 bits per heavy atom. The molecule has 0 aliphatic rings. The van der Waals surface area contributed by atoms with Gasteiger partial charge in [-0.1, -0.05) is 41.9 Å². The molecule has 4 aromatic rings. The maximum Gasteiger partial charge on any atom is 0.147 e. The van der Waals surface area contributed by atoms with E-state index in [1.54, 1.807) is 43.0 Å². The molecular formula is C21H14ClN5O. The lowest BCUT2D eigenvalue weighted by Gasteiger charge is -2.23. The van der Waals surface area contributed by atoms with Gasteiger partial charge in [-0.05, 0) is 17.7 Å². The normalized spacial score (nSPS) is 11.7. The molecule has 0 fully saturated rings. The molecule has 1 unspecified atom stereocenters. The van der Waals surface area contributed by atoms with E-state index in [1.165, 1.54) is 0 Å². The number of rotatable bonds is 4. The van der Waals surface area contributed by atoms with Crippen LogP contribution in [0.25, 0.3) is 10.9 Å². The van der Waals surface area contributed by atoms with E-state index in [0.717, 1.165) is 5.39 Å². The van der Waals surface area contributed by atoms with Gasteiger partial charge in [0.1, 0.15) is 23.2 Å². The number of benzene rings is 2. The molecule has 0 aliphatic carbocycles. The molecule has 0 aliphatic heterocycles. The van der Waals surface area contributed by atoms with E-state index < -0.39 is 6.04 Å². The third kappa shape index (κ3) is 3.20. The highest BCUT2D eigenvalue weighted by Gasteiger charge is 2.23. The van der Waals surface area contributed by atoms with Crippen molar-refractivity contribution in [3.63, 3.8) is 0 Å². The van der Waals surface area contributed by atoms with Gasteiger partial charge >= 0.3 is 0 Å². The lowest BCUT2D eigenvalue weighted by molar-refractivity contribution is 0.471. The fourth-order valence-electron chi connectivity index (χ4n) is 3.08. The number of phenols is 1. The van der Waals surface area contributed by atoms with Gasteiger partial charge in [-0.3, -0.25) is 9.97 Å². The molecule has 0 saturated heterocycles. The van der Waals surface area contributed by atoms with Crippen molar-refractivity contribution in [3.05, 3.63) is 89.0 Å². The van der Waals surface area contributed by atoms with E-state index in [0.29, 0.717) is 33.0 Å². The minimum Gasteiger partial charge on any atom is -0.505 e. The Morgan fingerprint density at radius 3 is 2.68 bits per heavy atom. The van der Waals surface area contributed by atoms with E-state index in [2.05, 4.69) is 26.3 Å². The van der Waals surface area contributed by atoms with E-state index in [4.69, 9.17) is 11.6 Å². The average Bonchev–Trinajstić information content (AvgIpc) is 2.74. The van der Waals surface area contributed by atoms with Crippen molar-refractivity contribution in [3.8, 4) is 11.8 Å². The number of fused-ring (bicyclic) bond motifs is 1. The van der Waals surface area contributed by atoms with E-state index >= 15 is 0 Å². The van der Waals surface area contributed by atoms with E-state index in [-0.39, 0.29) is 5.75 Å². The second-order valence-electron chi connectivity index (χ2n) is 6.07. The van der Waals surface area contributed by atoms with Gasteiger partial charge in [0.05, 0.1) is 22.8 Å². The molecule has 4 rings (SSSR count). The predicted molar refractivity (Wildman–Crippen MR) is 107 cm³/mol. The number of hydrogen-bond acceptors (Lipinski definition) is 6. The van der Waals surface area contributed by atoms with Gasteiger partial charge in [-0.2, -0.15) is 5.26 Å². The van der Waals surface area contributed by atoms with Crippen LogP contribution in [0, 0.1) is 11.3 Å². The molecule has 0 bridgehead atoms. The summed E-state index contributed by atoms with van der Waals surface area (Å²) in [7, 11) is 0. The molecule has 6 nitrogen and oxygen atoms in total. The summed E-state index contributed by atoms with van der Waals surface area (Å²) in [5.74, 6) is 0.546. The van der Waals surface area contributed by atoms with Crippen LogP contribution in [0.15, 0.2) is 67.3 Å². The Hall–Kier alpha value is -3.69. The van der Waals surface area contributed by atoms with Gasteiger partial charge < -0.3 is 10.4 Å². The summed E-state index contributed by atoms with van der Waals surface area (Å²) in [6.45, 7) is 0. The van der Waals surface area contributed by atoms with Gasteiger partial charge in [0, 0.05) is 29.5 Å². The van der Waals surface area contributed by atoms with E-state index in [1.807, 2.05) is 24.3 Å². The fraction of sp³-hybridized carbons (Fsp3) is 0.0476. The van der Waals surface area contributed by atoms with Crippen LogP contribution in [-0.4, -0.2) is 20.1 Å². The summed E-state index contributed by atoms with van der Waals surface area (Å²) < 4.78 is 0. The number of nitriles is 1. The van der Waals surface area contributed by atoms with Gasteiger partial charge in [-0.25, -0.2) is 4.98 Å². The van der Waals surface area contributed by atoms with Gasteiger partial charge in [-0.15, -0.1) is 0 Å². The Balaban J connectivity index is 1.92. The van der Waals surface area contributed by atoms with Crippen LogP contribution < -0.4 is 5.32 Å². The topological polar surface area (TPSA) is 94.7 Å². The fourth-order valence-corrected chi connectivity index (χ4v) is 3.36. The summed E-state index contributed by atoms with van der Waals surface area (Å²) in [5.41, 5.74) is 2.04. The average molecular weight is 388 g/mol. The second-order valence-corrected chi connectivity index (χ2v) is 6.45. The summed E-state index contributed by atoms with van der Waals surface area (Å²) in [5, 5.41) is 24.7. The molecule has 7 heteroatoms. The number of nitrogens with one attached hydrogen (secondary N) is 1. The Labute approximate surface area is 166 Å². The van der Waals surface area contributed by atoms with Gasteiger partial charge in [0.15, 0.2) is 0 Å². The zero-order valence-electron chi connectivity index (χ0n) is 14.5. The molecule has 2 heterocycles. The Morgan fingerprint density at radius 1 is 1.00 bits per heavy atom. The highest BCUT2D eigenvalue weighted by Crippen LogP contribution is 2.39. The molecule has 0 amide bonds. The number of hydrogen-bond donors (Lipinski definition) is 2. The minimum absolute atomic E-state index is 0.0397. The number of aromatic hydroxyl groups is 1. The van der Waals surface area contributed by atoms with Crippen LogP contribution in [0.5, 0.6) is 5.75 Å². The number of phenolic OH excluding ortho intramolecular Hbond substituents is 1. The molecule has 28 heavy (non-hydrogen) atoms. The highest BCUT2D eigenvalue weighted by molar-refractivity contribution is 6.32. The van der Waals surface area contributed by atoms with Crippen LogP contribution in [0.1, 0.15) is 22.7 Å². The summed E-state index contributed by atoms with van der Waals surface area (Å²) in [4.78, 5) is 12.6. The largest absolute Gasteiger partial charge is 0.505 e. The monoisotopic (exact) mass is 387 g/mol. The van der Waals surface area contributed by atoms with Crippen LogP contribution in [-0.2, 0) is 0 Å². The molecule has 2 N–H and O–H groups in total. The quantitative estimate of drug-likeness (QED) is 0.537. The number of anilines is 1. The van der Waals surface area contributed by atoms with Crippen molar-refractivity contribution >= 4 is 28.3 Å². The molecule has 0 spiro atoms. The molecule has 1 atom stereocenters. The molecule has 2 aromatic heterocycles. The summed E-state index contributed by atoms with van der Waals surface area (Å²) in [6.07, 6.45) is 6.33. The molecule has 0 saturated carbocycles. The van der Waals surface area contributed by atoms with Crippen LogP contribution in [0.4, 0.5) is 5.82 Å². The predicted octanol–water partition coefficient (Wildman–Crippen LogP) is 4.46. The van der Waals surface area contributed by atoms with Crippen molar-refractivity contribution < 1.29 is 5.11 Å². The highest BCUT2D eigenvalue weighted by atomic mass is 35.5. The van der Waals surface area contributed by atoms with Crippen molar-refractivity contribution in [1.29, 1.82) is 5.26 Å². The number of nitrogens with zero attached hydrogens (tertiary/aromatic N) is 4. The summed E-state index contributed by atoms with van der Waals surface area (Å²) >= 11 is 6.49. The van der Waals surface area contributed by atoms with Crippen LogP contribution in [0.3, 0.4) is 0 Å². The zero-order chi connectivity index (χ0) is 19.5. The lowest BCUT2D eigenvalue weighted by atomic mass is 9.95. The van der Waals surface area contributed by atoms with Crippen LogP contribution >= 0.6 is 11.6 Å². The Bertz CT molecular complexity index is 1190. The number of pyridine rings is 1. The van der Waals surface area contributed by atoms with Crippen LogP contribution in [0.2, 0.25) is 5.02 Å². The summed E-state index contributed by atoms with van der Waals surface area (Å²) in [6, 6.07) is 14.1. The van der Waals surface area contributed by atoms with E-state index in [9.17, 15) is 10.4 Å². The SMILES string of the molecule is N#Cc1cccc(C(Nc2cnccn2)c2ccc3cccnc3c2O)c1Cl. The molecular weight excluding hydrogens is 374 g/mol. The molecule has 2 aromatic carbocycles. The third-order valence-electron chi connectivity index (χ3n) is 4.41. The Kier molecular flexibility index (Phi) is 4.75. The minimum atomic E-state index is -0.566. The number of halogens is 1. The van der Waals surface area contributed by atoms with Crippen molar-refractivity contribution in [2.24, 2.45) is 0 Å². The first-order valence-electron chi connectivity index (χ1n) is 8.46. The zero-order valence-corrected chi connectivity index (χ0v) is 15.3. The lowest BCUT2D eigenvalue weighted by Crippen LogP contribution is -2.15. The third-order valence-corrected chi connectivity index (χ3v) is 4.83. The first kappa shape index (κ1) is 17.7. The first-order valence-corrected chi connectivity index (χ1v) is 8.84. The number of aromatic nitrogens is 3. The van der Waals surface area contributed by atoms with Gasteiger partial charge in [0.25, 0.3) is 0 Å². The smallest absolute Gasteiger partial charge is 0.147 e. The molecule has 136 valence electrons. The van der Waals surface area contributed by atoms with Crippen molar-refractivity contribution in [1.82, 2.24) is 15.0 Å². The first-order chi connectivity index (χ1) is 13.7. The van der Waals surface area contributed by atoms with Gasteiger partial charge in [0.2, 0.25) is 0 Å². The standard InChI is InChI=1S/C21H14ClN5O/c22-18-14(11-23)3-1-5-15(18)20(27-17-12-24-9-10-25-17)16-7-6-13-4-2-8-26-19(13)21(16)28/h1-10,12,20,28H,(H,25,27). The maximum absolute atomic E-state index is 10.9. The van der Waals surface area contributed by atoms with Crippen molar-refractivity contribution in [2.45, 2.75) is 6.04 Å².